The third-order valence-electron chi connectivity index (χ3n) is 6.59. The maximum Gasteiger partial charge on any atom is 0.240 e. The average molecular weight is 333 g/mol. The van der Waals surface area contributed by atoms with E-state index in [4.69, 9.17) is 0 Å². The molecule has 126 valence electrons. The van der Waals surface area contributed by atoms with Crippen LogP contribution < -0.4 is 4.72 Å². The molecular weight excluding hydrogens is 306 g/mol. The monoisotopic (exact) mass is 333 g/mol. The highest BCUT2D eigenvalue weighted by molar-refractivity contribution is 7.89. The van der Waals surface area contributed by atoms with Crippen LogP contribution in [0.2, 0.25) is 0 Å². The number of hydrogen-bond acceptors (Lipinski definition) is 2. The van der Waals surface area contributed by atoms with Crippen molar-refractivity contribution >= 4 is 10.0 Å². The Morgan fingerprint density at radius 1 is 1.00 bits per heavy atom. The SMILES string of the molecule is Cc1ccc(S(=O)(=O)NCC23CC4CC(CC(C4)C2)C3)cc1C. The Hall–Kier alpha value is -0.870. The maximum absolute atomic E-state index is 12.7. The average Bonchev–Trinajstić information content (AvgIpc) is 2.47. The molecule has 0 aromatic heterocycles. The molecule has 0 aliphatic heterocycles. The molecule has 4 heteroatoms. The Morgan fingerprint density at radius 2 is 1.57 bits per heavy atom. The zero-order valence-corrected chi connectivity index (χ0v) is 15.0. The first-order chi connectivity index (χ1) is 10.9. The van der Waals surface area contributed by atoms with Crippen molar-refractivity contribution in [1.29, 1.82) is 0 Å². The lowest BCUT2D eigenvalue weighted by molar-refractivity contribution is -0.0487. The van der Waals surface area contributed by atoms with Crippen LogP contribution in [0.1, 0.15) is 49.7 Å². The molecule has 3 nitrogen and oxygen atoms in total. The summed E-state index contributed by atoms with van der Waals surface area (Å²) in [7, 11) is -3.39. The second-order valence-electron chi connectivity index (χ2n) is 8.49. The van der Waals surface area contributed by atoms with Crippen LogP contribution in [-0.2, 0) is 10.0 Å². The van der Waals surface area contributed by atoms with Gasteiger partial charge >= 0.3 is 0 Å². The lowest BCUT2D eigenvalue weighted by Crippen LogP contribution is -2.51. The summed E-state index contributed by atoms with van der Waals surface area (Å²) in [6, 6.07) is 5.41. The Balaban J connectivity index is 1.51. The van der Waals surface area contributed by atoms with E-state index < -0.39 is 10.0 Å². The molecule has 4 aliphatic rings. The zero-order valence-electron chi connectivity index (χ0n) is 14.1. The van der Waals surface area contributed by atoms with E-state index in [2.05, 4.69) is 4.72 Å². The fourth-order valence-corrected chi connectivity index (χ4v) is 6.96. The van der Waals surface area contributed by atoms with Crippen LogP contribution in [0.4, 0.5) is 0 Å². The fourth-order valence-electron chi connectivity index (χ4n) is 5.72. The second kappa shape index (κ2) is 5.32. The Kier molecular flexibility index (Phi) is 3.62. The van der Waals surface area contributed by atoms with Crippen LogP contribution in [0.15, 0.2) is 23.1 Å². The number of sulfonamides is 1. The highest BCUT2D eigenvalue weighted by Gasteiger charge is 2.50. The number of nitrogens with one attached hydrogen (secondary N) is 1. The zero-order chi connectivity index (χ0) is 16.2. The molecule has 23 heavy (non-hydrogen) atoms. The van der Waals surface area contributed by atoms with Crippen molar-refractivity contribution < 1.29 is 8.42 Å². The standard InChI is InChI=1S/C19H27NO2S/c1-13-3-4-18(5-14(13)2)23(21,22)20-12-19-9-15-6-16(10-19)8-17(7-15)11-19/h3-5,15-17,20H,6-12H2,1-2H3. The molecule has 0 saturated heterocycles. The summed E-state index contributed by atoms with van der Waals surface area (Å²) >= 11 is 0. The van der Waals surface area contributed by atoms with Gasteiger partial charge in [0, 0.05) is 6.54 Å². The van der Waals surface area contributed by atoms with Gasteiger partial charge in [-0.15, -0.1) is 0 Å². The molecule has 0 spiro atoms. The van der Waals surface area contributed by atoms with Gasteiger partial charge in [0.2, 0.25) is 10.0 Å². The molecule has 1 N–H and O–H groups in total. The van der Waals surface area contributed by atoms with Crippen molar-refractivity contribution in [2.24, 2.45) is 23.2 Å². The van der Waals surface area contributed by atoms with Gasteiger partial charge in [-0.2, -0.15) is 0 Å². The Morgan fingerprint density at radius 3 is 2.09 bits per heavy atom. The van der Waals surface area contributed by atoms with Gasteiger partial charge in [-0.3, -0.25) is 0 Å². The van der Waals surface area contributed by atoms with Crippen LogP contribution in [0.3, 0.4) is 0 Å². The van der Waals surface area contributed by atoms with Gasteiger partial charge in [-0.1, -0.05) is 6.07 Å². The predicted octanol–water partition coefficient (Wildman–Crippen LogP) is 3.80. The van der Waals surface area contributed by atoms with Gasteiger partial charge in [0.25, 0.3) is 0 Å². The first-order valence-electron chi connectivity index (χ1n) is 8.92. The van der Waals surface area contributed by atoms with E-state index in [1.165, 1.54) is 38.5 Å². The van der Waals surface area contributed by atoms with Crippen LogP contribution in [0.5, 0.6) is 0 Å². The maximum atomic E-state index is 12.7. The van der Waals surface area contributed by atoms with Crippen LogP contribution in [0.25, 0.3) is 0 Å². The summed E-state index contributed by atoms with van der Waals surface area (Å²) in [6.45, 7) is 4.60. The largest absolute Gasteiger partial charge is 0.240 e. The summed E-state index contributed by atoms with van der Waals surface area (Å²) in [4.78, 5) is 0.408. The molecule has 0 amide bonds. The molecule has 1 aromatic carbocycles. The minimum absolute atomic E-state index is 0.238. The van der Waals surface area contributed by atoms with Gasteiger partial charge in [0.05, 0.1) is 4.90 Å². The molecule has 4 fully saturated rings. The van der Waals surface area contributed by atoms with E-state index in [9.17, 15) is 8.42 Å². The van der Waals surface area contributed by atoms with Crippen molar-refractivity contribution in [3.63, 3.8) is 0 Å². The normalized spacial score (nSPS) is 35.7. The molecule has 4 bridgehead atoms. The van der Waals surface area contributed by atoms with Gasteiger partial charge in [0.15, 0.2) is 0 Å². The lowest BCUT2D eigenvalue weighted by Gasteiger charge is -2.56. The molecule has 4 aliphatic carbocycles. The summed E-state index contributed by atoms with van der Waals surface area (Å²) in [5.74, 6) is 2.56. The van der Waals surface area contributed by atoms with E-state index in [0.29, 0.717) is 11.4 Å². The molecule has 0 heterocycles. The van der Waals surface area contributed by atoms with Crippen molar-refractivity contribution in [3.8, 4) is 0 Å². The number of aryl methyl sites for hydroxylation is 2. The summed E-state index contributed by atoms with van der Waals surface area (Å²) in [6.07, 6.45) is 7.87. The molecule has 0 atom stereocenters. The van der Waals surface area contributed by atoms with Crippen LogP contribution in [0, 0.1) is 37.0 Å². The van der Waals surface area contributed by atoms with Crippen molar-refractivity contribution in [3.05, 3.63) is 29.3 Å². The minimum Gasteiger partial charge on any atom is -0.211 e. The highest BCUT2D eigenvalue weighted by atomic mass is 32.2. The van der Waals surface area contributed by atoms with E-state index in [1.807, 2.05) is 19.9 Å². The second-order valence-corrected chi connectivity index (χ2v) is 10.3. The summed E-state index contributed by atoms with van der Waals surface area (Å²) < 4.78 is 28.3. The summed E-state index contributed by atoms with van der Waals surface area (Å²) in [5.41, 5.74) is 2.40. The van der Waals surface area contributed by atoms with Gasteiger partial charge in [-0.05, 0) is 98.8 Å². The number of rotatable bonds is 4. The molecule has 1 aromatic rings. The third-order valence-corrected chi connectivity index (χ3v) is 7.99. The lowest BCUT2D eigenvalue weighted by atomic mass is 9.50. The Labute approximate surface area is 139 Å². The minimum atomic E-state index is -3.39. The van der Waals surface area contributed by atoms with Gasteiger partial charge in [-0.25, -0.2) is 13.1 Å². The van der Waals surface area contributed by atoms with Crippen LogP contribution >= 0.6 is 0 Å². The van der Waals surface area contributed by atoms with E-state index in [1.54, 1.807) is 12.1 Å². The van der Waals surface area contributed by atoms with Crippen molar-refractivity contribution in [2.45, 2.75) is 57.3 Å². The smallest absolute Gasteiger partial charge is 0.211 e. The quantitative estimate of drug-likeness (QED) is 0.911. The molecule has 0 unspecified atom stereocenters. The first kappa shape index (κ1) is 15.6. The topological polar surface area (TPSA) is 46.2 Å². The highest BCUT2D eigenvalue weighted by Crippen LogP contribution is 2.59. The van der Waals surface area contributed by atoms with Crippen molar-refractivity contribution in [2.75, 3.05) is 6.54 Å². The molecule has 4 saturated carbocycles. The van der Waals surface area contributed by atoms with E-state index in [-0.39, 0.29) is 5.41 Å². The first-order valence-corrected chi connectivity index (χ1v) is 10.4. The fraction of sp³-hybridized carbons (Fsp3) is 0.684. The molecular formula is C19H27NO2S. The van der Waals surface area contributed by atoms with Gasteiger partial charge < -0.3 is 0 Å². The summed E-state index contributed by atoms with van der Waals surface area (Å²) in [5, 5.41) is 0. The van der Waals surface area contributed by atoms with Gasteiger partial charge in [0.1, 0.15) is 0 Å². The number of benzene rings is 1. The molecule has 0 radical (unpaired) electrons. The third kappa shape index (κ3) is 2.85. The Bertz CT molecular complexity index is 688. The molecule has 5 rings (SSSR count). The van der Waals surface area contributed by atoms with Crippen LogP contribution in [-0.4, -0.2) is 15.0 Å². The van der Waals surface area contributed by atoms with Crippen molar-refractivity contribution in [1.82, 2.24) is 4.72 Å². The number of hydrogen-bond donors (Lipinski definition) is 1. The van der Waals surface area contributed by atoms with E-state index in [0.717, 1.165) is 28.9 Å². The van der Waals surface area contributed by atoms with E-state index >= 15 is 0 Å². The predicted molar refractivity (Wildman–Crippen MR) is 91.7 cm³/mol.